The van der Waals surface area contributed by atoms with E-state index in [1.807, 2.05) is 12.1 Å². The quantitative estimate of drug-likeness (QED) is 0.832. The maximum atomic E-state index is 12.1. The zero-order chi connectivity index (χ0) is 14.9. The van der Waals surface area contributed by atoms with E-state index in [4.69, 9.17) is 5.11 Å². The molecule has 0 amide bonds. The van der Waals surface area contributed by atoms with Crippen LogP contribution in [0.25, 0.3) is 0 Å². The van der Waals surface area contributed by atoms with Crippen molar-refractivity contribution in [3.63, 3.8) is 0 Å². The second-order valence-corrected chi connectivity index (χ2v) is 7.72. The molecular weight excluding hydrogens is 288 g/mol. The summed E-state index contributed by atoms with van der Waals surface area (Å²) in [5.41, 5.74) is 1.06. The minimum atomic E-state index is -3.36. The van der Waals surface area contributed by atoms with Crippen molar-refractivity contribution in [1.29, 1.82) is 0 Å². The number of anilines is 1. The summed E-state index contributed by atoms with van der Waals surface area (Å²) in [6, 6.07) is 7.25. The van der Waals surface area contributed by atoms with E-state index in [-0.39, 0.29) is 12.6 Å². The van der Waals surface area contributed by atoms with Gasteiger partial charge in [0.25, 0.3) is 0 Å². The molecule has 0 radical (unpaired) electrons. The van der Waals surface area contributed by atoms with Crippen LogP contribution in [0, 0.1) is 5.92 Å². The molecule has 6 heteroatoms. The fourth-order valence-corrected chi connectivity index (χ4v) is 4.12. The number of aliphatic hydroxyl groups excluding tert-OH is 1. The molecule has 0 aromatic heterocycles. The van der Waals surface area contributed by atoms with Crippen LogP contribution in [0.1, 0.15) is 25.7 Å². The van der Waals surface area contributed by atoms with Gasteiger partial charge in [0.2, 0.25) is 10.0 Å². The Morgan fingerprint density at radius 2 is 1.90 bits per heavy atom. The number of nitrogens with zero attached hydrogens (tertiary/aromatic N) is 1. The molecule has 1 atom stereocenters. The Morgan fingerprint density at radius 1 is 1.19 bits per heavy atom. The monoisotopic (exact) mass is 310 g/mol. The van der Waals surface area contributed by atoms with Gasteiger partial charge in [-0.05, 0) is 55.9 Å². The topological polar surface area (TPSA) is 69.6 Å². The predicted octanol–water partition coefficient (Wildman–Crippen LogP) is 1.34. The van der Waals surface area contributed by atoms with Gasteiger partial charge in [-0.2, -0.15) is 0 Å². The van der Waals surface area contributed by atoms with E-state index in [1.165, 1.54) is 0 Å². The highest BCUT2D eigenvalue weighted by Crippen LogP contribution is 2.27. The van der Waals surface area contributed by atoms with E-state index in [1.54, 1.807) is 12.1 Å². The first-order valence-corrected chi connectivity index (χ1v) is 9.05. The van der Waals surface area contributed by atoms with E-state index >= 15 is 0 Å². The molecule has 1 aliphatic heterocycles. The Labute approximate surface area is 126 Å². The molecule has 1 aliphatic carbocycles. The van der Waals surface area contributed by atoms with Crippen LogP contribution in [0.5, 0.6) is 0 Å². The van der Waals surface area contributed by atoms with Crippen LogP contribution < -0.4 is 9.62 Å². The van der Waals surface area contributed by atoms with Gasteiger partial charge in [-0.15, -0.1) is 0 Å². The Kier molecular flexibility index (Phi) is 4.19. The molecule has 3 rings (SSSR count). The maximum absolute atomic E-state index is 12.1. The molecule has 2 aliphatic rings. The highest BCUT2D eigenvalue weighted by Gasteiger charge is 2.28. The summed E-state index contributed by atoms with van der Waals surface area (Å²) in [5.74, 6) is 0.537. The van der Waals surface area contributed by atoms with E-state index in [9.17, 15) is 8.42 Å². The molecule has 1 saturated heterocycles. The Morgan fingerprint density at radius 3 is 2.52 bits per heavy atom. The summed E-state index contributed by atoms with van der Waals surface area (Å²) in [4.78, 5) is 2.59. The fourth-order valence-electron chi connectivity index (χ4n) is 2.81. The van der Waals surface area contributed by atoms with Gasteiger partial charge in [0.05, 0.1) is 4.90 Å². The molecule has 0 spiro atoms. The third-order valence-electron chi connectivity index (χ3n) is 4.23. The van der Waals surface area contributed by atoms with Crippen LogP contribution in [0.3, 0.4) is 0 Å². The van der Waals surface area contributed by atoms with E-state index in [2.05, 4.69) is 9.62 Å². The fraction of sp³-hybridized carbons (Fsp3) is 0.600. The lowest BCUT2D eigenvalue weighted by molar-refractivity contribution is 0.263. The summed E-state index contributed by atoms with van der Waals surface area (Å²) < 4.78 is 26.9. The normalized spacial score (nSPS) is 22.7. The van der Waals surface area contributed by atoms with Crippen LogP contribution in [0.4, 0.5) is 5.69 Å². The van der Waals surface area contributed by atoms with Gasteiger partial charge < -0.3 is 10.0 Å². The van der Waals surface area contributed by atoms with Crippen molar-refractivity contribution in [2.75, 3.05) is 24.6 Å². The largest absolute Gasteiger partial charge is 0.396 e. The van der Waals surface area contributed by atoms with E-state index in [0.717, 1.165) is 44.5 Å². The molecule has 1 aromatic rings. The molecule has 116 valence electrons. The van der Waals surface area contributed by atoms with Gasteiger partial charge in [0.15, 0.2) is 0 Å². The molecule has 21 heavy (non-hydrogen) atoms. The van der Waals surface area contributed by atoms with Gasteiger partial charge in [0, 0.05) is 31.4 Å². The molecule has 5 nitrogen and oxygen atoms in total. The van der Waals surface area contributed by atoms with Crippen LogP contribution in [-0.4, -0.2) is 39.3 Å². The Bertz CT molecular complexity index is 581. The third kappa shape index (κ3) is 3.56. The van der Waals surface area contributed by atoms with E-state index < -0.39 is 10.0 Å². The number of hydrogen-bond donors (Lipinski definition) is 2. The van der Waals surface area contributed by atoms with Crippen LogP contribution >= 0.6 is 0 Å². The molecule has 1 saturated carbocycles. The van der Waals surface area contributed by atoms with Crippen molar-refractivity contribution in [3.05, 3.63) is 24.3 Å². The van der Waals surface area contributed by atoms with Crippen molar-refractivity contribution >= 4 is 15.7 Å². The first-order chi connectivity index (χ1) is 10.1. The van der Waals surface area contributed by atoms with Crippen LogP contribution in [0.15, 0.2) is 29.2 Å². The Hall–Kier alpha value is -1.11. The molecular formula is C15H22N2O3S. The average Bonchev–Trinajstić information content (AvgIpc) is 3.14. The average molecular weight is 310 g/mol. The van der Waals surface area contributed by atoms with Crippen LogP contribution in [-0.2, 0) is 10.0 Å². The lowest BCUT2D eigenvalue weighted by Gasteiger charge is -2.19. The van der Waals surface area contributed by atoms with Crippen molar-refractivity contribution in [2.45, 2.75) is 36.6 Å². The SMILES string of the molecule is O=S(=O)(NC1CC1)c1ccc(N2CCC(CCO)C2)cc1. The summed E-state index contributed by atoms with van der Waals surface area (Å²) in [7, 11) is -3.36. The Balaban J connectivity index is 1.67. The van der Waals surface area contributed by atoms with Gasteiger partial charge in [-0.3, -0.25) is 0 Å². The number of benzene rings is 1. The minimum Gasteiger partial charge on any atom is -0.396 e. The van der Waals surface area contributed by atoms with Crippen molar-refractivity contribution in [2.24, 2.45) is 5.92 Å². The third-order valence-corrected chi connectivity index (χ3v) is 5.77. The number of aliphatic hydroxyl groups is 1. The minimum absolute atomic E-state index is 0.132. The summed E-state index contributed by atoms with van der Waals surface area (Å²) >= 11 is 0. The number of rotatable bonds is 6. The van der Waals surface area contributed by atoms with Crippen LogP contribution in [0.2, 0.25) is 0 Å². The maximum Gasteiger partial charge on any atom is 0.240 e. The molecule has 1 unspecified atom stereocenters. The lowest BCUT2D eigenvalue weighted by Crippen LogP contribution is -2.26. The summed E-state index contributed by atoms with van der Waals surface area (Å²) in [6.07, 6.45) is 3.81. The highest BCUT2D eigenvalue weighted by atomic mass is 32.2. The number of hydrogen-bond acceptors (Lipinski definition) is 4. The first kappa shape index (κ1) is 14.8. The molecule has 1 heterocycles. The van der Waals surface area contributed by atoms with Crippen molar-refractivity contribution < 1.29 is 13.5 Å². The van der Waals surface area contributed by atoms with Gasteiger partial charge in [0.1, 0.15) is 0 Å². The molecule has 2 N–H and O–H groups in total. The summed E-state index contributed by atoms with van der Waals surface area (Å²) in [5, 5.41) is 8.99. The second-order valence-electron chi connectivity index (χ2n) is 6.00. The van der Waals surface area contributed by atoms with E-state index in [0.29, 0.717) is 10.8 Å². The zero-order valence-electron chi connectivity index (χ0n) is 12.0. The van der Waals surface area contributed by atoms with Crippen molar-refractivity contribution in [1.82, 2.24) is 4.72 Å². The molecule has 1 aromatic carbocycles. The highest BCUT2D eigenvalue weighted by molar-refractivity contribution is 7.89. The standard InChI is InChI=1S/C15H22N2O3S/c18-10-8-12-7-9-17(11-12)14-3-5-15(6-4-14)21(19,20)16-13-1-2-13/h3-6,12-13,16,18H,1-2,7-11H2. The zero-order valence-corrected chi connectivity index (χ0v) is 12.8. The van der Waals surface area contributed by atoms with Gasteiger partial charge in [-0.25, -0.2) is 13.1 Å². The number of nitrogens with one attached hydrogen (secondary N) is 1. The number of sulfonamides is 1. The molecule has 2 fully saturated rings. The predicted molar refractivity (Wildman–Crippen MR) is 81.8 cm³/mol. The van der Waals surface area contributed by atoms with Gasteiger partial charge in [-0.1, -0.05) is 0 Å². The first-order valence-electron chi connectivity index (χ1n) is 7.57. The second kappa shape index (κ2) is 5.94. The van der Waals surface area contributed by atoms with Crippen molar-refractivity contribution in [3.8, 4) is 0 Å². The lowest BCUT2D eigenvalue weighted by atomic mass is 10.1. The molecule has 0 bridgehead atoms. The smallest absolute Gasteiger partial charge is 0.240 e. The summed E-state index contributed by atoms with van der Waals surface area (Å²) in [6.45, 7) is 2.15. The van der Waals surface area contributed by atoms with Gasteiger partial charge >= 0.3 is 0 Å².